The fourth-order valence-corrected chi connectivity index (χ4v) is 3.21. The Labute approximate surface area is 172 Å². The van der Waals surface area contributed by atoms with Crippen LogP contribution in [0.15, 0.2) is 59.7 Å². The van der Waals surface area contributed by atoms with E-state index in [0.717, 1.165) is 5.69 Å². The first-order chi connectivity index (χ1) is 14.3. The number of anilines is 1. The molecule has 2 heterocycles. The van der Waals surface area contributed by atoms with Gasteiger partial charge in [0.1, 0.15) is 5.75 Å². The van der Waals surface area contributed by atoms with Crippen molar-refractivity contribution in [3.8, 4) is 11.4 Å². The van der Waals surface area contributed by atoms with Crippen LogP contribution in [-0.2, 0) is 11.8 Å². The molecule has 0 bridgehead atoms. The smallest absolute Gasteiger partial charge is 0.320 e. The van der Waals surface area contributed by atoms with Gasteiger partial charge in [-0.15, -0.1) is 0 Å². The average Bonchev–Trinajstić information content (AvgIpc) is 3.19. The normalized spacial score (nSPS) is 11.7. The molecule has 0 fully saturated rings. The standard InChI is InChI=1S/C21H22N4O5/c1-13-12-24(2)20(29)18(19(13)28)23-21(30)22-15(11-17(26)27)16-9-6-10-25(16)14-7-4-3-5-8-14/h3-10,12,15,28H,11H2,1-2H3,(H,26,27)(H2,22,23,30)/t15-/m0/s1. The molecule has 0 aliphatic rings. The lowest BCUT2D eigenvalue weighted by atomic mass is 10.1. The molecule has 4 N–H and O–H groups in total. The number of carboxylic acids is 1. The summed E-state index contributed by atoms with van der Waals surface area (Å²) in [6.07, 6.45) is 2.84. The fraction of sp³-hybridized carbons (Fsp3) is 0.190. The van der Waals surface area contributed by atoms with Crippen LogP contribution in [0.2, 0.25) is 0 Å². The molecule has 0 aliphatic heterocycles. The minimum absolute atomic E-state index is 0.275. The highest BCUT2D eigenvalue weighted by atomic mass is 16.4. The predicted octanol–water partition coefficient (Wildman–Crippen LogP) is 2.53. The predicted molar refractivity (Wildman–Crippen MR) is 111 cm³/mol. The lowest BCUT2D eigenvalue weighted by Gasteiger charge is -2.20. The number of carbonyl (C=O) groups excluding carboxylic acids is 1. The highest BCUT2D eigenvalue weighted by Crippen LogP contribution is 2.24. The molecule has 0 saturated heterocycles. The van der Waals surface area contributed by atoms with Crippen LogP contribution in [0.1, 0.15) is 23.7 Å². The number of para-hydroxylation sites is 1. The monoisotopic (exact) mass is 410 g/mol. The van der Waals surface area contributed by atoms with E-state index in [9.17, 15) is 24.6 Å². The number of aromatic nitrogens is 2. The zero-order chi connectivity index (χ0) is 21.8. The largest absolute Gasteiger partial charge is 0.505 e. The van der Waals surface area contributed by atoms with E-state index in [1.807, 2.05) is 30.3 Å². The molecule has 1 aromatic carbocycles. The van der Waals surface area contributed by atoms with Crippen LogP contribution in [-0.4, -0.2) is 31.3 Å². The quantitative estimate of drug-likeness (QED) is 0.497. The summed E-state index contributed by atoms with van der Waals surface area (Å²) < 4.78 is 3.01. The first kappa shape index (κ1) is 20.7. The van der Waals surface area contributed by atoms with Crippen LogP contribution in [0, 0.1) is 6.92 Å². The summed E-state index contributed by atoms with van der Waals surface area (Å²) in [5, 5.41) is 24.4. The van der Waals surface area contributed by atoms with Crippen molar-refractivity contribution in [1.82, 2.24) is 14.5 Å². The van der Waals surface area contributed by atoms with Crippen molar-refractivity contribution in [2.75, 3.05) is 5.32 Å². The second kappa shape index (κ2) is 8.56. The van der Waals surface area contributed by atoms with Crippen molar-refractivity contribution in [2.45, 2.75) is 19.4 Å². The van der Waals surface area contributed by atoms with Gasteiger partial charge in [-0.05, 0) is 31.2 Å². The van der Waals surface area contributed by atoms with E-state index in [-0.39, 0.29) is 17.9 Å². The molecule has 0 saturated carbocycles. The number of hydrogen-bond acceptors (Lipinski definition) is 4. The van der Waals surface area contributed by atoms with E-state index < -0.39 is 23.6 Å². The number of aromatic hydroxyl groups is 1. The molecule has 0 aliphatic carbocycles. The molecule has 156 valence electrons. The van der Waals surface area contributed by atoms with Crippen molar-refractivity contribution >= 4 is 17.7 Å². The van der Waals surface area contributed by atoms with Crippen LogP contribution in [0.4, 0.5) is 10.5 Å². The minimum atomic E-state index is -1.10. The van der Waals surface area contributed by atoms with Gasteiger partial charge in [0.15, 0.2) is 5.69 Å². The number of urea groups is 1. The summed E-state index contributed by atoms with van der Waals surface area (Å²) >= 11 is 0. The molecule has 9 heteroatoms. The van der Waals surface area contributed by atoms with Crippen LogP contribution >= 0.6 is 0 Å². The number of nitrogens with zero attached hydrogens (tertiary/aromatic N) is 2. The Bertz CT molecular complexity index is 1130. The molecule has 0 spiro atoms. The van der Waals surface area contributed by atoms with Crippen molar-refractivity contribution in [1.29, 1.82) is 0 Å². The van der Waals surface area contributed by atoms with Gasteiger partial charge in [-0.25, -0.2) is 4.79 Å². The maximum Gasteiger partial charge on any atom is 0.320 e. The molecule has 3 aromatic rings. The third kappa shape index (κ3) is 4.35. The Balaban J connectivity index is 1.89. The first-order valence-electron chi connectivity index (χ1n) is 9.19. The van der Waals surface area contributed by atoms with Crippen molar-refractivity contribution in [3.05, 3.63) is 76.5 Å². The van der Waals surface area contributed by atoms with Gasteiger partial charge >= 0.3 is 12.0 Å². The summed E-state index contributed by atoms with van der Waals surface area (Å²) in [6.45, 7) is 1.60. The van der Waals surface area contributed by atoms with Crippen molar-refractivity contribution < 1.29 is 19.8 Å². The van der Waals surface area contributed by atoms with E-state index in [4.69, 9.17) is 0 Å². The van der Waals surface area contributed by atoms with Crippen LogP contribution in [0.3, 0.4) is 0 Å². The van der Waals surface area contributed by atoms with Crippen molar-refractivity contribution in [3.63, 3.8) is 0 Å². The van der Waals surface area contributed by atoms with E-state index in [2.05, 4.69) is 10.6 Å². The number of rotatable bonds is 6. The lowest BCUT2D eigenvalue weighted by Crippen LogP contribution is -2.36. The molecular weight excluding hydrogens is 388 g/mol. The third-order valence-corrected chi connectivity index (χ3v) is 4.63. The molecule has 2 aromatic heterocycles. The van der Waals surface area contributed by atoms with E-state index >= 15 is 0 Å². The number of benzene rings is 1. The Kier molecular flexibility index (Phi) is 5.91. The fourth-order valence-electron chi connectivity index (χ4n) is 3.21. The lowest BCUT2D eigenvalue weighted by molar-refractivity contribution is -0.137. The van der Waals surface area contributed by atoms with Gasteiger partial charge in [-0.3, -0.25) is 9.59 Å². The Morgan fingerprint density at radius 3 is 2.50 bits per heavy atom. The molecule has 30 heavy (non-hydrogen) atoms. The van der Waals surface area contributed by atoms with Gasteiger partial charge in [0.25, 0.3) is 5.56 Å². The van der Waals surface area contributed by atoms with Crippen LogP contribution in [0.5, 0.6) is 5.75 Å². The van der Waals surface area contributed by atoms with E-state index in [1.165, 1.54) is 17.8 Å². The number of nitrogens with one attached hydrogen (secondary N) is 2. The number of pyridine rings is 1. The van der Waals surface area contributed by atoms with Gasteiger partial charge in [0, 0.05) is 36.4 Å². The highest BCUT2D eigenvalue weighted by Gasteiger charge is 2.23. The maximum absolute atomic E-state index is 12.6. The van der Waals surface area contributed by atoms with Crippen molar-refractivity contribution in [2.24, 2.45) is 7.05 Å². The second-order valence-corrected chi connectivity index (χ2v) is 6.84. The Hall–Kier alpha value is -4.01. The van der Waals surface area contributed by atoms with Gasteiger partial charge in [0.2, 0.25) is 0 Å². The summed E-state index contributed by atoms with van der Waals surface area (Å²) in [5.74, 6) is -1.44. The zero-order valence-corrected chi connectivity index (χ0v) is 16.5. The Morgan fingerprint density at radius 2 is 1.83 bits per heavy atom. The maximum atomic E-state index is 12.6. The summed E-state index contributed by atoms with van der Waals surface area (Å²) in [7, 11) is 1.50. The zero-order valence-electron chi connectivity index (χ0n) is 16.5. The third-order valence-electron chi connectivity index (χ3n) is 4.63. The molecule has 3 rings (SSSR count). The Morgan fingerprint density at radius 1 is 1.13 bits per heavy atom. The molecule has 0 unspecified atom stereocenters. The first-order valence-corrected chi connectivity index (χ1v) is 9.19. The van der Waals surface area contributed by atoms with Gasteiger partial charge in [-0.1, -0.05) is 18.2 Å². The summed E-state index contributed by atoms with van der Waals surface area (Å²) in [5.41, 5.74) is 0.908. The van der Waals surface area contributed by atoms with Gasteiger partial charge in [-0.2, -0.15) is 0 Å². The molecule has 0 radical (unpaired) electrons. The number of amides is 2. The minimum Gasteiger partial charge on any atom is -0.505 e. The topological polar surface area (TPSA) is 126 Å². The second-order valence-electron chi connectivity index (χ2n) is 6.84. The summed E-state index contributed by atoms with van der Waals surface area (Å²) in [6, 6.07) is 11.0. The number of carbonyl (C=O) groups is 2. The number of aryl methyl sites for hydroxylation is 2. The molecule has 2 amide bonds. The van der Waals surface area contributed by atoms with E-state index in [1.54, 1.807) is 29.8 Å². The molecular formula is C21H22N4O5. The number of carboxylic acid groups (broad SMARTS) is 1. The number of hydrogen-bond donors (Lipinski definition) is 4. The van der Waals surface area contributed by atoms with Gasteiger partial charge < -0.3 is 30.0 Å². The highest BCUT2D eigenvalue weighted by molar-refractivity contribution is 5.91. The van der Waals surface area contributed by atoms with Crippen LogP contribution < -0.4 is 16.2 Å². The molecule has 9 nitrogen and oxygen atoms in total. The number of aliphatic carboxylic acids is 1. The van der Waals surface area contributed by atoms with Crippen LogP contribution in [0.25, 0.3) is 5.69 Å². The molecule has 1 atom stereocenters. The SMILES string of the molecule is Cc1cn(C)c(=O)c(NC(=O)N[C@@H](CC(=O)O)c2cccn2-c2ccccc2)c1O. The van der Waals surface area contributed by atoms with E-state index in [0.29, 0.717) is 11.3 Å². The summed E-state index contributed by atoms with van der Waals surface area (Å²) in [4.78, 5) is 36.3. The average molecular weight is 410 g/mol. The van der Waals surface area contributed by atoms with Gasteiger partial charge in [0.05, 0.1) is 12.5 Å².